The number of benzene rings is 1. The number of nitrogens with zero attached hydrogens (tertiary/aromatic N) is 1. The number of aromatic nitrogens is 2. The first-order chi connectivity index (χ1) is 13.3. The number of nitrogens with two attached hydrogens (primary N) is 1. The number of nitrogens with one attached hydrogen (secondary N) is 3. The van der Waals surface area contributed by atoms with Crippen LogP contribution in [0.1, 0.15) is 41.6 Å². The van der Waals surface area contributed by atoms with E-state index < -0.39 is 17.4 Å². The summed E-state index contributed by atoms with van der Waals surface area (Å²) >= 11 is 0. The Morgan fingerprint density at radius 3 is 2.39 bits per heavy atom. The molecule has 0 atom stereocenters. The fourth-order valence-electron chi connectivity index (χ4n) is 3.29. The predicted octanol–water partition coefficient (Wildman–Crippen LogP) is 1.09. The number of carboxylic acids is 1. The molecule has 6 N–H and O–H groups in total. The Morgan fingerprint density at radius 2 is 1.82 bits per heavy atom. The highest BCUT2D eigenvalue weighted by Crippen LogP contribution is 2.24. The van der Waals surface area contributed by atoms with Gasteiger partial charge in [-0.05, 0) is 31.7 Å². The third-order valence-corrected chi connectivity index (χ3v) is 4.95. The molecule has 0 radical (unpaired) electrons. The Morgan fingerprint density at radius 1 is 1.18 bits per heavy atom. The molecule has 0 bridgehead atoms. The molecule has 1 fully saturated rings. The van der Waals surface area contributed by atoms with Crippen molar-refractivity contribution >= 4 is 17.7 Å². The van der Waals surface area contributed by atoms with Crippen LogP contribution < -0.4 is 16.6 Å². The molecule has 1 amide bonds. The lowest BCUT2D eigenvalue weighted by Gasteiger charge is -2.26. The van der Waals surface area contributed by atoms with Crippen molar-refractivity contribution in [2.24, 2.45) is 11.7 Å². The van der Waals surface area contributed by atoms with Gasteiger partial charge in [-0.2, -0.15) is 5.10 Å². The molecule has 9 nitrogen and oxygen atoms in total. The summed E-state index contributed by atoms with van der Waals surface area (Å²) in [4.78, 5) is 35.6. The van der Waals surface area contributed by atoms with E-state index in [0.717, 1.165) is 0 Å². The minimum absolute atomic E-state index is 0.0546. The minimum Gasteiger partial charge on any atom is -0.481 e. The van der Waals surface area contributed by atoms with Gasteiger partial charge in [0.1, 0.15) is 11.4 Å². The van der Waals surface area contributed by atoms with Crippen molar-refractivity contribution in [3.05, 3.63) is 51.8 Å². The normalized spacial score (nSPS) is 19.0. The lowest BCUT2D eigenvalue weighted by molar-refractivity contribution is -0.142. The first-order valence-electron chi connectivity index (χ1n) is 8.93. The summed E-state index contributed by atoms with van der Waals surface area (Å²) in [6.45, 7) is 0. The molecule has 3 rings (SSSR count). The SMILES string of the molecule is N=C(N)c1ccc(-c2cc(C(=O)NC3CCC(C(=O)O)CC3)c(=O)[nH]n2)cc1. The molecule has 0 saturated heterocycles. The topological polar surface area (TPSA) is 162 Å². The van der Waals surface area contributed by atoms with Gasteiger partial charge in [0.2, 0.25) is 0 Å². The van der Waals surface area contributed by atoms with E-state index in [0.29, 0.717) is 42.5 Å². The molecular formula is C19H21N5O4. The van der Waals surface area contributed by atoms with Crippen molar-refractivity contribution < 1.29 is 14.7 Å². The summed E-state index contributed by atoms with van der Waals surface area (Å²) in [7, 11) is 0. The van der Waals surface area contributed by atoms with Gasteiger partial charge in [0.15, 0.2) is 0 Å². The minimum atomic E-state index is -0.809. The Labute approximate surface area is 160 Å². The number of carbonyl (C=O) groups is 2. The maximum Gasteiger partial charge on any atom is 0.306 e. The molecule has 28 heavy (non-hydrogen) atoms. The van der Waals surface area contributed by atoms with E-state index in [9.17, 15) is 14.4 Å². The Kier molecular flexibility index (Phi) is 5.53. The smallest absolute Gasteiger partial charge is 0.306 e. The van der Waals surface area contributed by atoms with Crippen LogP contribution in [0.2, 0.25) is 0 Å². The number of amides is 1. The summed E-state index contributed by atoms with van der Waals surface area (Å²) in [5.41, 5.74) is 6.42. The van der Waals surface area contributed by atoms with Gasteiger partial charge in [0.05, 0.1) is 11.6 Å². The number of amidine groups is 1. The number of hydrogen-bond donors (Lipinski definition) is 5. The molecule has 0 aliphatic heterocycles. The van der Waals surface area contributed by atoms with Crippen LogP contribution in [0.5, 0.6) is 0 Å². The summed E-state index contributed by atoms with van der Waals surface area (Å²) in [5, 5.41) is 25.6. The van der Waals surface area contributed by atoms with Gasteiger partial charge in [0, 0.05) is 17.2 Å². The molecule has 0 unspecified atom stereocenters. The van der Waals surface area contributed by atoms with Crippen molar-refractivity contribution in [2.75, 3.05) is 0 Å². The zero-order valence-corrected chi connectivity index (χ0v) is 15.1. The Balaban J connectivity index is 1.74. The van der Waals surface area contributed by atoms with E-state index in [2.05, 4.69) is 15.5 Å². The Bertz CT molecular complexity index is 959. The standard InChI is InChI=1S/C19H21N5O4/c20-16(21)11-3-1-10(2-4-11)15-9-14(18(26)24-23-15)17(25)22-13-7-5-12(6-8-13)19(27)28/h1-4,9,12-13H,5-8H2,(H3,20,21)(H,22,25)(H,24,26)(H,27,28). The van der Waals surface area contributed by atoms with Crippen LogP contribution in [0.25, 0.3) is 11.3 Å². The Hall–Kier alpha value is -3.49. The van der Waals surface area contributed by atoms with Crippen LogP contribution in [0.3, 0.4) is 0 Å². The molecule has 9 heteroatoms. The van der Waals surface area contributed by atoms with Gasteiger partial charge < -0.3 is 16.2 Å². The largest absolute Gasteiger partial charge is 0.481 e. The number of H-pyrrole nitrogens is 1. The number of hydrogen-bond acceptors (Lipinski definition) is 5. The van der Waals surface area contributed by atoms with E-state index in [-0.39, 0.29) is 23.4 Å². The second-order valence-corrected chi connectivity index (χ2v) is 6.85. The molecule has 146 valence electrons. The molecule has 1 aliphatic carbocycles. The van der Waals surface area contributed by atoms with Gasteiger partial charge in [-0.15, -0.1) is 0 Å². The zero-order valence-electron chi connectivity index (χ0n) is 15.1. The highest BCUT2D eigenvalue weighted by atomic mass is 16.4. The van der Waals surface area contributed by atoms with Crippen LogP contribution >= 0.6 is 0 Å². The summed E-state index contributed by atoms with van der Waals surface area (Å²) in [6, 6.07) is 7.98. The molecule has 0 spiro atoms. The number of nitrogen functional groups attached to an aromatic ring is 1. The highest BCUT2D eigenvalue weighted by Gasteiger charge is 2.27. The third-order valence-electron chi connectivity index (χ3n) is 4.95. The maximum atomic E-state index is 12.6. The second-order valence-electron chi connectivity index (χ2n) is 6.85. The zero-order chi connectivity index (χ0) is 20.3. The fraction of sp³-hybridized carbons (Fsp3) is 0.316. The van der Waals surface area contributed by atoms with Crippen molar-refractivity contribution in [3.8, 4) is 11.3 Å². The predicted molar refractivity (Wildman–Crippen MR) is 102 cm³/mol. The van der Waals surface area contributed by atoms with Crippen LogP contribution in [0.15, 0.2) is 35.1 Å². The third kappa shape index (κ3) is 4.25. The van der Waals surface area contributed by atoms with Crippen molar-refractivity contribution in [1.82, 2.24) is 15.5 Å². The average Bonchev–Trinajstić information content (AvgIpc) is 2.68. The van der Waals surface area contributed by atoms with E-state index in [1.54, 1.807) is 24.3 Å². The van der Waals surface area contributed by atoms with Gasteiger partial charge >= 0.3 is 5.97 Å². The maximum absolute atomic E-state index is 12.6. The molecule has 1 saturated carbocycles. The van der Waals surface area contributed by atoms with Crippen LogP contribution in [-0.4, -0.2) is 39.1 Å². The fourth-order valence-corrected chi connectivity index (χ4v) is 3.29. The van der Waals surface area contributed by atoms with Crippen LogP contribution in [-0.2, 0) is 4.79 Å². The monoisotopic (exact) mass is 383 g/mol. The van der Waals surface area contributed by atoms with Crippen molar-refractivity contribution in [3.63, 3.8) is 0 Å². The van der Waals surface area contributed by atoms with Crippen LogP contribution in [0, 0.1) is 11.3 Å². The van der Waals surface area contributed by atoms with Crippen molar-refractivity contribution in [1.29, 1.82) is 5.41 Å². The van der Waals surface area contributed by atoms with Gasteiger partial charge in [-0.1, -0.05) is 24.3 Å². The van der Waals surface area contributed by atoms with Gasteiger partial charge in [-0.25, -0.2) is 5.10 Å². The van der Waals surface area contributed by atoms with E-state index in [4.69, 9.17) is 16.2 Å². The molecule has 1 aromatic carbocycles. The van der Waals surface area contributed by atoms with Gasteiger partial charge in [0.25, 0.3) is 11.5 Å². The summed E-state index contributed by atoms with van der Waals surface area (Å²) in [5.74, 6) is -1.75. The number of aliphatic carboxylic acids is 1. The molecule has 2 aromatic rings. The molecule has 1 aliphatic rings. The number of carboxylic acid groups (broad SMARTS) is 1. The number of carbonyl (C=O) groups excluding carboxylic acids is 1. The first-order valence-corrected chi connectivity index (χ1v) is 8.93. The van der Waals surface area contributed by atoms with E-state index >= 15 is 0 Å². The van der Waals surface area contributed by atoms with Crippen LogP contribution in [0.4, 0.5) is 0 Å². The summed E-state index contributed by atoms with van der Waals surface area (Å²) in [6.07, 6.45) is 2.12. The van der Waals surface area contributed by atoms with Gasteiger partial charge in [-0.3, -0.25) is 19.8 Å². The molecular weight excluding hydrogens is 362 g/mol. The summed E-state index contributed by atoms with van der Waals surface area (Å²) < 4.78 is 0. The number of rotatable bonds is 5. The van der Waals surface area contributed by atoms with E-state index in [1.807, 2.05) is 0 Å². The second kappa shape index (κ2) is 8.03. The lowest BCUT2D eigenvalue weighted by atomic mass is 9.86. The first kappa shape index (κ1) is 19.3. The quantitative estimate of drug-likeness (QED) is 0.383. The molecule has 1 aromatic heterocycles. The van der Waals surface area contributed by atoms with Crippen molar-refractivity contribution in [2.45, 2.75) is 31.7 Å². The lowest BCUT2D eigenvalue weighted by Crippen LogP contribution is -2.40. The average molecular weight is 383 g/mol. The van der Waals surface area contributed by atoms with E-state index in [1.165, 1.54) is 6.07 Å². The molecule has 1 heterocycles. The number of aromatic amines is 1. The highest BCUT2D eigenvalue weighted by molar-refractivity contribution is 5.96.